The van der Waals surface area contributed by atoms with Crippen LogP contribution in [0.2, 0.25) is 0 Å². The highest BCUT2D eigenvalue weighted by Crippen LogP contribution is 2.16. The first-order chi connectivity index (χ1) is 12.1. The number of halogens is 1. The fraction of sp³-hybridized carbons (Fsp3) is 0.200. The van der Waals surface area contributed by atoms with Gasteiger partial charge in [-0.05, 0) is 43.2 Å². The van der Waals surface area contributed by atoms with Crippen molar-refractivity contribution in [1.82, 2.24) is 15.1 Å². The van der Waals surface area contributed by atoms with Crippen LogP contribution < -0.4 is 5.32 Å². The molecule has 0 saturated carbocycles. The number of carbonyl (C=O) groups is 1. The zero-order valence-electron chi connectivity index (χ0n) is 14.3. The van der Waals surface area contributed by atoms with Crippen LogP contribution in [-0.4, -0.2) is 15.7 Å². The molecule has 0 saturated heterocycles. The van der Waals surface area contributed by atoms with Gasteiger partial charge in [-0.2, -0.15) is 5.10 Å². The molecule has 1 aromatic heterocycles. The Hall–Kier alpha value is -2.95. The monoisotopic (exact) mass is 337 g/mol. The first kappa shape index (κ1) is 16.9. The van der Waals surface area contributed by atoms with E-state index in [0.29, 0.717) is 18.5 Å². The van der Waals surface area contributed by atoms with E-state index >= 15 is 0 Å². The van der Waals surface area contributed by atoms with Crippen LogP contribution in [0.25, 0.3) is 5.69 Å². The van der Waals surface area contributed by atoms with Crippen molar-refractivity contribution in [2.24, 2.45) is 0 Å². The van der Waals surface area contributed by atoms with Crippen LogP contribution in [0.15, 0.2) is 54.7 Å². The maximum absolute atomic E-state index is 13.1. The topological polar surface area (TPSA) is 46.9 Å². The SMILES string of the molecule is CCc1c(C(=O)NCc2ccc(C)cc2)cnn1-c1ccc(F)cc1. The van der Waals surface area contributed by atoms with Crippen LogP contribution in [0.1, 0.15) is 34.1 Å². The third-order valence-electron chi connectivity index (χ3n) is 4.09. The molecule has 2 aromatic carbocycles. The van der Waals surface area contributed by atoms with Crippen molar-refractivity contribution in [2.45, 2.75) is 26.8 Å². The minimum atomic E-state index is -0.301. The molecular formula is C20H20FN3O. The minimum Gasteiger partial charge on any atom is -0.348 e. The summed E-state index contributed by atoms with van der Waals surface area (Å²) in [6.07, 6.45) is 2.21. The molecule has 0 aliphatic rings. The zero-order valence-corrected chi connectivity index (χ0v) is 14.3. The summed E-state index contributed by atoms with van der Waals surface area (Å²) in [6, 6.07) is 14.1. The number of nitrogens with zero attached hydrogens (tertiary/aromatic N) is 2. The molecule has 0 aliphatic carbocycles. The lowest BCUT2D eigenvalue weighted by Crippen LogP contribution is -2.23. The highest BCUT2D eigenvalue weighted by Gasteiger charge is 2.17. The summed E-state index contributed by atoms with van der Waals surface area (Å²) in [5.74, 6) is -0.462. The molecule has 128 valence electrons. The van der Waals surface area contributed by atoms with E-state index in [2.05, 4.69) is 10.4 Å². The molecule has 0 unspecified atom stereocenters. The van der Waals surface area contributed by atoms with E-state index in [1.807, 2.05) is 38.1 Å². The molecule has 0 bridgehead atoms. The molecule has 3 rings (SSSR count). The summed E-state index contributed by atoms with van der Waals surface area (Å²) in [6.45, 7) is 4.46. The van der Waals surface area contributed by atoms with Crippen molar-refractivity contribution in [3.63, 3.8) is 0 Å². The van der Waals surface area contributed by atoms with E-state index in [4.69, 9.17) is 0 Å². The lowest BCUT2D eigenvalue weighted by atomic mass is 10.1. The Labute approximate surface area is 146 Å². The Morgan fingerprint density at radius 2 is 1.80 bits per heavy atom. The molecule has 0 fully saturated rings. The molecule has 25 heavy (non-hydrogen) atoms. The second-order valence-electron chi connectivity index (χ2n) is 5.91. The fourth-order valence-corrected chi connectivity index (χ4v) is 2.69. The smallest absolute Gasteiger partial charge is 0.255 e. The zero-order chi connectivity index (χ0) is 17.8. The number of amides is 1. The van der Waals surface area contributed by atoms with Crippen molar-refractivity contribution < 1.29 is 9.18 Å². The van der Waals surface area contributed by atoms with Crippen LogP contribution in [0.5, 0.6) is 0 Å². The van der Waals surface area contributed by atoms with Gasteiger partial charge in [-0.15, -0.1) is 0 Å². The fourth-order valence-electron chi connectivity index (χ4n) is 2.69. The Morgan fingerprint density at radius 3 is 2.44 bits per heavy atom. The van der Waals surface area contributed by atoms with Crippen LogP contribution in [0, 0.1) is 12.7 Å². The third-order valence-corrected chi connectivity index (χ3v) is 4.09. The van der Waals surface area contributed by atoms with Gasteiger partial charge in [-0.3, -0.25) is 4.79 Å². The molecule has 0 atom stereocenters. The van der Waals surface area contributed by atoms with Gasteiger partial charge in [-0.25, -0.2) is 9.07 Å². The van der Waals surface area contributed by atoms with E-state index in [0.717, 1.165) is 16.9 Å². The average Bonchev–Trinajstić information content (AvgIpc) is 3.05. The minimum absolute atomic E-state index is 0.161. The van der Waals surface area contributed by atoms with Gasteiger partial charge in [0.05, 0.1) is 23.1 Å². The second kappa shape index (κ2) is 7.30. The number of rotatable bonds is 5. The number of aryl methyl sites for hydroxylation is 1. The molecule has 0 radical (unpaired) electrons. The van der Waals surface area contributed by atoms with Gasteiger partial charge in [0, 0.05) is 6.54 Å². The highest BCUT2D eigenvalue weighted by atomic mass is 19.1. The summed E-state index contributed by atoms with van der Waals surface area (Å²) in [5, 5.41) is 7.24. The molecule has 1 amide bonds. The normalized spacial score (nSPS) is 10.7. The van der Waals surface area contributed by atoms with Crippen LogP contribution in [0.3, 0.4) is 0 Å². The van der Waals surface area contributed by atoms with Crippen LogP contribution >= 0.6 is 0 Å². The van der Waals surface area contributed by atoms with E-state index in [1.165, 1.54) is 17.7 Å². The lowest BCUT2D eigenvalue weighted by Gasteiger charge is -2.09. The molecule has 5 heteroatoms. The predicted molar refractivity (Wildman–Crippen MR) is 95.2 cm³/mol. The third kappa shape index (κ3) is 3.76. The first-order valence-electron chi connectivity index (χ1n) is 8.25. The maximum atomic E-state index is 13.1. The van der Waals surface area contributed by atoms with Crippen molar-refractivity contribution >= 4 is 5.91 Å². The van der Waals surface area contributed by atoms with Gasteiger partial charge in [0.25, 0.3) is 5.91 Å². The molecule has 0 aliphatic heterocycles. The van der Waals surface area contributed by atoms with E-state index in [9.17, 15) is 9.18 Å². The Bertz CT molecular complexity index is 867. The number of benzene rings is 2. The van der Waals surface area contributed by atoms with E-state index in [-0.39, 0.29) is 11.7 Å². The van der Waals surface area contributed by atoms with Crippen molar-refractivity contribution in [1.29, 1.82) is 0 Å². The first-order valence-corrected chi connectivity index (χ1v) is 8.25. The molecular weight excluding hydrogens is 317 g/mol. The molecule has 3 aromatic rings. The summed E-state index contributed by atoms with van der Waals surface area (Å²) in [5.41, 5.74) is 4.30. The molecule has 1 heterocycles. The largest absolute Gasteiger partial charge is 0.348 e. The van der Waals surface area contributed by atoms with Gasteiger partial charge in [0.15, 0.2) is 0 Å². The quantitative estimate of drug-likeness (QED) is 0.769. The standard InChI is InChI=1S/C20H20FN3O/c1-3-19-18(13-23-24(19)17-10-8-16(21)9-11-17)20(25)22-12-15-6-4-14(2)5-7-15/h4-11,13H,3,12H2,1-2H3,(H,22,25). The number of carbonyl (C=O) groups excluding carboxylic acids is 1. The molecule has 0 spiro atoms. The maximum Gasteiger partial charge on any atom is 0.255 e. The summed E-state index contributed by atoms with van der Waals surface area (Å²) in [4.78, 5) is 12.5. The number of hydrogen-bond acceptors (Lipinski definition) is 2. The Kier molecular flexibility index (Phi) is 4.93. The number of aromatic nitrogens is 2. The van der Waals surface area contributed by atoms with Crippen molar-refractivity contribution in [3.8, 4) is 5.69 Å². The Morgan fingerprint density at radius 1 is 1.12 bits per heavy atom. The summed E-state index contributed by atoms with van der Waals surface area (Å²) < 4.78 is 14.8. The predicted octanol–water partition coefficient (Wildman–Crippen LogP) is 3.81. The highest BCUT2D eigenvalue weighted by molar-refractivity contribution is 5.95. The average molecular weight is 337 g/mol. The van der Waals surface area contributed by atoms with E-state index < -0.39 is 0 Å². The second-order valence-corrected chi connectivity index (χ2v) is 5.91. The number of hydrogen-bond donors (Lipinski definition) is 1. The lowest BCUT2D eigenvalue weighted by molar-refractivity contribution is 0.0950. The van der Waals surface area contributed by atoms with Gasteiger partial charge in [0.1, 0.15) is 5.82 Å². The van der Waals surface area contributed by atoms with Gasteiger partial charge in [-0.1, -0.05) is 36.8 Å². The Balaban J connectivity index is 1.78. The van der Waals surface area contributed by atoms with E-state index in [1.54, 1.807) is 23.0 Å². The van der Waals surface area contributed by atoms with Crippen molar-refractivity contribution in [2.75, 3.05) is 0 Å². The van der Waals surface area contributed by atoms with Gasteiger partial charge < -0.3 is 5.32 Å². The van der Waals surface area contributed by atoms with Gasteiger partial charge >= 0.3 is 0 Å². The molecule has 1 N–H and O–H groups in total. The summed E-state index contributed by atoms with van der Waals surface area (Å²) >= 11 is 0. The molecule has 4 nitrogen and oxygen atoms in total. The number of nitrogens with one attached hydrogen (secondary N) is 1. The van der Waals surface area contributed by atoms with Gasteiger partial charge in [0.2, 0.25) is 0 Å². The van der Waals surface area contributed by atoms with Crippen LogP contribution in [-0.2, 0) is 13.0 Å². The summed E-state index contributed by atoms with van der Waals surface area (Å²) in [7, 11) is 0. The van der Waals surface area contributed by atoms with Crippen LogP contribution in [0.4, 0.5) is 4.39 Å². The van der Waals surface area contributed by atoms with Crippen molar-refractivity contribution in [3.05, 3.63) is 82.9 Å².